The predicted octanol–water partition coefficient (Wildman–Crippen LogP) is 3.10. The first-order valence-electron chi connectivity index (χ1n) is 7.03. The zero-order valence-corrected chi connectivity index (χ0v) is 12.3. The van der Waals surface area contributed by atoms with E-state index in [0.717, 1.165) is 17.5 Å². The second-order valence-electron chi connectivity index (χ2n) is 5.21. The van der Waals surface area contributed by atoms with Gasteiger partial charge in [0.1, 0.15) is 10.7 Å². The molecular weight excluding hydrogens is 291 g/mol. The minimum atomic E-state index is -0.402. The summed E-state index contributed by atoms with van der Waals surface area (Å²) in [5, 5.41) is 0.471. The van der Waals surface area contributed by atoms with Crippen molar-refractivity contribution in [2.75, 3.05) is 0 Å². The number of fused-ring (bicyclic) bond motifs is 1. The number of halogens is 1. The molecule has 1 saturated carbocycles. The molecular formula is C15H17FN2O2S. The highest BCUT2D eigenvalue weighted by Gasteiger charge is 2.22. The molecule has 1 aliphatic carbocycles. The number of carbonyl (C=O) groups is 1. The van der Waals surface area contributed by atoms with Gasteiger partial charge in [0, 0.05) is 15.6 Å². The van der Waals surface area contributed by atoms with Crippen LogP contribution in [0, 0.1) is 5.82 Å². The van der Waals surface area contributed by atoms with Gasteiger partial charge >= 0.3 is 0 Å². The molecule has 1 aromatic carbocycles. The first kappa shape index (κ1) is 14.4. The summed E-state index contributed by atoms with van der Waals surface area (Å²) in [4.78, 5) is 12.3. The normalized spacial score (nSPS) is 15.7. The molecule has 0 saturated heterocycles. The number of carbonyl (C=O) groups excluding carboxylic acids is 1. The Labute approximate surface area is 126 Å². The van der Waals surface area contributed by atoms with E-state index in [9.17, 15) is 9.18 Å². The third-order valence-electron chi connectivity index (χ3n) is 3.87. The minimum absolute atomic E-state index is 0.209. The maximum atomic E-state index is 14.1. The number of thiophene rings is 1. The van der Waals surface area contributed by atoms with Crippen LogP contribution in [0.1, 0.15) is 40.9 Å². The maximum absolute atomic E-state index is 14.1. The highest BCUT2D eigenvalue weighted by Crippen LogP contribution is 2.34. The summed E-state index contributed by atoms with van der Waals surface area (Å²) in [7, 11) is 0. The van der Waals surface area contributed by atoms with Crippen molar-refractivity contribution in [2.45, 2.75) is 38.4 Å². The molecule has 1 aliphatic rings. The highest BCUT2D eigenvalue weighted by atomic mass is 32.1. The van der Waals surface area contributed by atoms with E-state index in [1.165, 1.54) is 30.2 Å². The van der Waals surface area contributed by atoms with Crippen molar-refractivity contribution in [2.24, 2.45) is 5.84 Å². The Bertz CT molecular complexity index is 665. The lowest BCUT2D eigenvalue weighted by atomic mass is 10.1. The van der Waals surface area contributed by atoms with Crippen LogP contribution in [0.2, 0.25) is 0 Å². The highest BCUT2D eigenvalue weighted by molar-refractivity contribution is 7.21. The van der Waals surface area contributed by atoms with Crippen LogP contribution in [0.15, 0.2) is 18.2 Å². The molecule has 3 N–H and O–H groups in total. The number of nitrogens with one attached hydrogen (secondary N) is 1. The smallest absolute Gasteiger partial charge is 0.275 e. The average molecular weight is 308 g/mol. The first-order chi connectivity index (χ1) is 10.2. The number of hydrogen-bond donors (Lipinski definition) is 2. The van der Waals surface area contributed by atoms with Crippen LogP contribution < -0.4 is 11.3 Å². The topological polar surface area (TPSA) is 64.3 Å². The van der Waals surface area contributed by atoms with Crippen LogP contribution in [-0.2, 0) is 11.3 Å². The predicted molar refractivity (Wildman–Crippen MR) is 80.5 cm³/mol. The fourth-order valence-corrected chi connectivity index (χ4v) is 3.94. The Morgan fingerprint density at radius 3 is 2.90 bits per heavy atom. The average Bonchev–Trinajstić information content (AvgIpc) is 3.12. The van der Waals surface area contributed by atoms with Gasteiger partial charge in [-0.25, -0.2) is 10.2 Å². The van der Waals surface area contributed by atoms with Crippen LogP contribution in [0.5, 0.6) is 0 Å². The quantitative estimate of drug-likeness (QED) is 0.518. The molecule has 0 aliphatic heterocycles. The monoisotopic (exact) mass is 308 g/mol. The Morgan fingerprint density at radius 2 is 2.19 bits per heavy atom. The molecule has 3 rings (SSSR count). The molecule has 1 heterocycles. The minimum Gasteiger partial charge on any atom is -0.373 e. The number of nitrogen functional groups attached to an aromatic ring is 1. The molecule has 1 fully saturated rings. The number of rotatable bonds is 4. The van der Waals surface area contributed by atoms with Gasteiger partial charge in [-0.15, -0.1) is 11.3 Å². The zero-order chi connectivity index (χ0) is 14.8. The Morgan fingerprint density at radius 1 is 1.43 bits per heavy atom. The van der Waals surface area contributed by atoms with Gasteiger partial charge in [-0.1, -0.05) is 18.9 Å². The molecule has 1 aromatic heterocycles. The van der Waals surface area contributed by atoms with Gasteiger partial charge in [0.2, 0.25) is 0 Å². The third kappa shape index (κ3) is 2.79. The molecule has 0 unspecified atom stereocenters. The molecule has 6 heteroatoms. The van der Waals surface area contributed by atoms with E-state index in [1.807, 2.05) is 0 Å². The van der Waals surface area contributed by atoms with E-state index in [1.54, 1.807) is 12.1 Å². The second kappa shape index (κ2) is 6.09. The zero-order valence-electron chi connectivity index (χ0n) is 11.5. The molecule has 21 heavy (non-hydrogen) atoms. The standard InChI is InChI=1S/C15H17FN2O2S/c16-11-6-3-7-12-13(11)10(14(21-12)15(19)18-17)8-20-9-4-1-2-5-9/h3,6-7,9H,1-2,4-5,8,17H2,(H,18,19). The molecule has 0 atom stereocenters. The Balaban J connectivity index is 1.97. The van der Waals surface area contributed by atoms with Crippen molar-refractivity contribution in [3.8, 4) is 0 Å². The molecule has 2 aromatic rings. The molecule has 0 spiro atoms. The summed E-state index contributed by atoms with van der Waals surface area (Å²) in [6.07, 6.45) is 4.60. The lowest BCUT2D eigenvalue weighted by Crippen LogP contribution is -2.30. The number of hydrogen-bond acceptors (Lipinski definition) is 4. The third-order valence-corrected chi connectivity index (χ3v) is 5.06. The van der Waals surface area contributed by atoms with Crippen LogP contribution in [0.3, 0.4) is 0 Å². The van der Waals surface area contributed by atoms with E-state index >= 15 is 0 Å². The Hall–Kier alpha value is -1.50. The summed E-state index contributed by atoms with van der Waals surface area (Å²) < 4.78 is 20.7. The number of benzene rings is 1. The van der Waals surface area contributed by atoms with Gasteiger partial charge in [-0.05, 0) is 25.0 Å². The van der Waals surface area contributed by atoms with Crippen molar-refractivity contribution >= 4 is 27.3 Å². The van der Waals surface area contributed by atoms with E-state index in [4.69, 9.17) is 10.6 Å². The fourth-order valence-electron chi connectivity index (χ4n) is 2.81. The van der Waals surface area contributed by atoms with Crippen LogP contribution in [0.25, 0.3) is 10.1 Å². The van der Waals surface area contributed by atoms with E-state index in [0.29, 0.717) is 15.8 Å². The van der Waals surface area contributed by atoms with Gasteiger partial charge < -0.3 is 4.74 Å². The van der Waals surface area contributed by atoms with Crippen molar-refractivity contribution in [1.82, 2.24) is 5.43 Å². The molecule has 0 radical (unpaired) electrons. The summed E-state index contributed by atoms with van der Waals surface area (Å²) in [5.41, 5.74) is 2.72. The van der Waals surface area contributed by atoms with E-state index < -0.39 is 5.91 Å². The number of amides is 1. The number of ether oxygens (including phenoxy) is 1. The van der Waals surface area contributed by atoms with Crippen molar-refractivity contribution < 1.29 is 13.9 Å². The van der Waals surface area contributed by atoms with Gasteiger partial charge in [0.15, 0.2) is 0 Å². The number of nitrogens with two attached hydrogens (primary N) is 1. The van der Waals surface area contributed by atoms with Crippen LogP contribution in [-0.4, -0.2) is 12.0 Å². The molecule has 0 bridgehead atoms. The largest absolute Gasteiger partial charge is 0.373 e. The molecule has 4 nitrogen and oxygen atoms in total. The number of hydrazine groups is 1. The molecule has 1 amide bonds. The Kier molecular flexibility index (Phi) is 4.19. The molecule has 112 valence electrons. The first-order valence-corrected chi connectivity index (χ1v) is 7.84. The lowest BCUT2D eigenvalue weighted by Gasteiger charge is -2.11. The summed E-state index contributed by atoms with van der Waals surface area (Å²) in [6, 6.07) is 4.84. The second-order valence-corrected chi connectivity index (χ2v) is 6.27. The van der Waals surface area contributed by atoms with Crippen LogP contribution in [0.4, 0.5) is 4.39 Å². The lowest BCUT2D eigenvalue weighted by molar-refractivity contribution is 0.0458. The van der Waals surface area contributed by atoms with Gasteiger partial charge in [-0.2, -0.15) is 0 Å². The van der Waals surface area contributed by atoms with Gasteiger partial charge in [0.25, 0.3) is 5.91 Å². The van der Waals surface area contributed by atoms with Crippen molar-refractivity contribution in [3.63, 3.8) is 0 Å². The van der Waals surface area contributed by atoms with E-state index in [-0.39, 0.29) is 18.5 Å². The van der Waals surface area contributed by atoms with Crippen LogP contribution >= 0.6 is 11.3 Å². The summed E-state index contributed by atoms with van der Waals surface area (Å²) in [5.74, 6) is 4.49. The fraction of sp³-hybridized carbons (Fsp3) is 0.400. The van der Waals surface area contributed by atoms with Gasteiger partial charge in [0.05, 0.1) is 12.7 Å². The van der Waals surface area contributed by atoms with E-state index in [2.05, 4.69) is 5.43 Å². The van der Waals surface area contributed by atoms with Crippen molar-refractivity contribution in [1.29, 1.82) is 0 Å². The SMILES string of the molecule is NNC(=O)c1sc2cccc(F)c2c1COC1CCCC1. The maximum Gasteiger partial charge on any atom is 0.275 e. The van der Waals surface area contributed by atoms with Crippen molar-refractivity contribution in [3.05, 3.63) is 34.5 Å². The van der Waals surface area contributed by atoms with Gasteiger partial charge in [-0.3, -0.25) is 10.2 Å². The summed E-state index contributed by atoms with van der Waals surface area (Å²) >= 11 is 1.24. The summed E-state index contributed by atoms with van der Waals surface area (Å²) in [6.45, 7) is 0.244.